The van der Waals surface area contributed by atoms with Gasteiger partial charge in [0.1, 0.15) is 5.78 Å². The summed E-state index contributed by atoms with van der Waals surface area (Å²) in [4.78, 5) is 22.7. The first-order valence-corrected chi connectivity index (χ1v) is 8.94. The molecule has 4 atom stereocenters. The van der Waals surface area contributed by atoms with E-state index in [4.69, 9.17) is 5.11 Å². The predicted octanol–water partition coefficient (Wildman–Crippen LogP) is 3.97. The third-order valence-electron chi connectivity index (χ3n) is 5.22. The third kappa shape index (κ3) is 6.46. The maximum absolute atomic E-state index is 11.8. The van der Waals surface area contributed by atoms with Crippen LogP contribution in [0, 0.1) is 17.8 Å². The van der Waals surface area contributed by atoms with Gasteiger partial charge in [0, 0.05) is 12.3 Å². The van der Waals surface area contributed by atoms with E-state index in [9.17, 15) is 14.7 Å². The lowest BCUT2D eigenvalue weighted by Gasteiger charge is -2.28. The number of carbonyl (C=O) groups is 2. The van der Waals surface area contributed by atoms with Crippen molar-refractivity contribution < 1.29 is 19.8 Å². The standard InChI is InChI=1S/C19H32O4/c1-4-5-6-7-8-14(2)19(3,23)12-11-15-9-10-17(20)16(15)13-18(21)22/h11-12,14-16,23H,4-10,13H2,1-3H3,(H,21,22)/t14?,15-,16-,19?/m0/s1. The summed E-state index contributed by atoms with van der Waals surface area (Å²) in [6, 6.07) is 0. The van der Waals surface area contributed by atoms with Gasteiger partial charge in [0.2, 0.25) is 0 Å². The molecule has 0 bridgehead atoms. The fourth-order valence-electron chi connectivity index (χ4n) is 3.27. The van der Waals surface area contributed by atoms with Crippen LogP contribution in [-0.4, -0.2) is 27.6 Å². The number of carboxylic acids is 1. The van der Waals surface area contributed by atoms with Crippen LogP contribution in [0.15, 0.2) is 12.2 Å². The van der Waals surface area contributed by atoms with Gasteiger partial charge in [-0.25, -0.2) is 0 Å². The fourth-order valence-corrected chi connectivity index (χ4v) is 3.27. The summed E-state index contributed by atoms with van der Waals surface area (Å²) in [5, 5.41) is 19.6. The lowest BCUT2D eigenvalue weighted by atomic mass is 9.84. The summed E-state index contributed by atoms with van der Waals surface area (Å²) < 4.78 is 0. The first-order chi connectivity index (χ1) is 10.8. The number of unbranched alkanes of at least 4 members (excludes halogenated alkanes) is 3. The van der Waals surface area contributed by atoms with Gasteiger partial charge >= 0.3 is 5.97 Å². The van der Waals surface area contributed by atoms with E-state index in [0.29, 0.717) is 12.8 Å². The van der Waals surface area contributed by atoms with Crippen LogP contribution in [0.25, 0.3) is 0 Å². The lowest BCUT2D eigenvalue weighted by Crippen LogP contribution is -2.30. The second kappa shape index (κ2) is 9.21. The molecule has 0 saturated heterocycles. The van der Waals surface area contributed by atoms with E-state index in [2.05, 4.69) is 6.92 Å². The van der Waals surface area contributed by atoms with Gasteiger partial charge in [-0.05, 0) is 31.6 Å². The Hall–Kier alpha value is -1.16. The van der Waals surface area contributed by atoms with Crippen LogP contribution >= 0.6 is 0 Å². The van der Waals surface area contributed by atoms with Crippen molar-refractivity contribution in [2.24, 2.45) is 17.8 Å². The molecule has 23 heavy (non-hydrogen) atoms. The highest BCUT2D eigenvalue weighted by molar-refractivity contribution is 5.87. The maximum Gasteiger partial charge on any atom is 0.304 e. The number of Topliss-reactive ketones (excluding diaryl/α,β-unsaturated/α-hetero) is 1. The van der Waals surface area contributed by atoms with Crippen molar-refractivity contribution in [1.29, 1.82) is 0 Å². The van der Waals surface area contributed by atoms with E-state index in [1.807, 2.05) is 13.0 Å². The van der Waals surface area contributed by atoms with Gasteiger partial charge in [0.25, 0.3) is 0 Å². The molecule has 0 aromatic carbocycles. The summed E-state index contributed by atoms with van der Waals surface area (Å²) in [6.45, 7) is 6.03. The number of rotatable bonds is 10. The molecule has 1 rings (SSSR count). The number of carbonyl (C=O) groups excluding carboxylic acids is 1. The van der Waals surface area contributed by atoms with E-state index in [-0.39, 0.29) is 24.0 Å². The average molecular weight is 324 g/mol. The van der Waals surface area contributed by atoms with Crippen molar-refractivity contribution >= 4 is 11.8 Å². The maximum atomic E-state index is 11.8. The average Bonchev–Trinajstić information content (AvgIpc) is 2.81. The van der Waals surface area contributed by atoms with Crippen LogP contribution in [0.5, 0.6) is 0 Å². The minimum absolute atomic E-state index is 0.0364. The summed E-state index contributed by atoms with van der Waals surface area (Å²) in [5.41, 5.74) is -0.911. The number of hydrogen-bond donors (Lipinski definition) is 2. The molecule has 0 heterocycles. The second-order valence-electron chi connectivity index (χ2n) is 7.21. The Labute approximate surface area is 140 Å². The van der Waals surface area contributed by atoms with Crippen LogP contribution in [0.2, 0.25) is 0 Å². The predicted molar refractivity (Wildman–Crippen MR) is 91.2 cm³/mol. The van der Waals surface area contributed by atoms with Crippen molar-refractivity contribution in [1.82, 2.24) is 0 Å². The fraction of sp³-hybridized carbons (Fsp3) is 0.789. The molecule has 1 saturated carbocycles. The first-order valence-electron chi connectivity index (χ1n) is 8.94. The van der Waals surface area contributed by atoms with Gasteiger partial charge in [0.15, 0.2) is 0 Å². The Morgan fingerprint density at radius 2 is 2.09 bits per heavy atom. The van der Waals surface area contributed by atoms with Gasteiger partial charge < -0.3 is 10.2 Å². The van der Waals surface area contributed by atoms with Crippen LogP contribution < -0.4 is 0 Å². The summed E-state index contributed by atoms with van der Waals surface area (Å²) in [7, 11) is 0. The van der Waals surface area contributed by atoms with Gasteiger partial charge in [-0.15, -0.1) is 0 Å². The van der Waals surface area contributed by atoms with Crippen LogP contribution in [0.4, 0.5) is 0 Å². The minimum atomic E-state index is -0.931. The molecular formula is C19H32O4. The second-order valence-corrected chi connectivity index (χ2v) is 7.21. The highest BCUT2D eigenvalue weighted by atomic mass is 16.4. The minimum Gasteiger partial charge on any atom is -0.481 e. The molecular weight excluding hydrogens is 292 g/mol. The quantitative estimate of drug-likeness (QED) is 0.471. The van der Waals surface area contributed by atoms with Gasteiger partial charge in [-0.2, -0.15) is 0 Å². The number of ketones is 1. The van der Waals surface area contributed by atoms with E-state index in [1.165, 1.54) is 19.3 Å². The lowest BCUT2D eigenvalue weighted by molar-refractivity contribution is -0.140. The number of hydrogen-bond acceptors (Lipinski definition) is 3. The van der Waals surface area contributed by atoms with Crippen molar-refractivity contribution in [3.63, 3.8) is 0 Å². The molecule has 132 valence electrons. The summed E-state index contributed by atoms with van der Waals surface area (Å²) in [6.07, 6.45) is 10.4. The highest BCUT2D eigenvalue weighted by Gasteiger charge is 2.35. The molecule has 0 radical (unpaired) electrons. The topological polar surface area (TPSA) is 74.6 Å². The summed E-state index contributed by atoms with van der Waals surface area (Å²) >= 11 is 0. The molecule has 1 aliphatic carbocycles. The molecule has 0 amide bonds. The Balaban J connectivity index is 2.58. The Bertz CT molecular complexity index is 425. The van der Waals surface area contributed by atoms with Gasteiger partial charge in [-0.1, -0.05) is 51.7 Å². The van der Waals surface area contributed by atoms with Crippen molar-refractivity contribution in [3.8, 4) is 0 Å². The molecule has 2 N–H and O–H groups in total. The van der Waals surface area contributed by atoms with Gasteiger partial charge in [-0.3, -0.25) is 9.59 Å². The van der Waals surface area contributed by atoms with Crippen molar-refractivity contribution in [2.75, 3.05) is 0 Å². The summed E-state index contributed by atoms with van der Waals surface area (Å²) in [5.74, 6) is -1.24. The van der Waals surface area contributed by atoms with E-state index < -0.39 is 17.5 Å². The van der Waals surface area contributed by atoms with Crippen molar-refractivity contribution in [3.05, 3.63) is 12.2 Å². The smallest absolute Gasteiger partial charge is 0.304 e. The van der Waals surface area contributed by atoms with Crippen LogP contribution in [0.1, 0.15) is 72.1 Å². The Morgan fingerprint density at radius 3 is 2.70 bits per heavy atom. The van der Waals surface area contributed by atoms with E-state index >= 15 is 0 Å². The molecule has 1 aliphatic rings. The zero-order chi connectivity index (χ0) is 17.5. The highest BCUT2D eigenvalue weighted by Crippen LogP contribution is 2.34. The number of carboxylic acid groups (broad SMARTS) is 1. The van der Waals surface area contributed by atoms with Gasteiger partial charge in [0.05, 0.1) is 12.0 Å². The van der Waals surface area contributed by atoms with Crippen molar-refractivity contribution in [2.45, 2.75) is 77.7 Å². The zero-order valence-electron chi connectivity index (χ0n) is 14.8. The number of aliphatic carboxylic acids is 1. The largest absolute Gasteiger partial charge is 0.481 e. The Kier molecular flexibility index (Phi) is 7.97. The van der Waals surface area contributed by atoms with Crippen LogP contribution in [-0.2, 0) is 9.59 Å². The molecule has 0 aromatic heterocycles. The molecule has 1 fully saturated rings. The molecule has 0 aliphatic heterocycles. The number of aliphatic hydroxyl groups is 1. The molecule has 0 aromatic rings. The SMILES string of the molecule is CCCCCCC(C)C(C)(O)C=C[C@@H]1CCC(=O)[C@H]1CC(=O)O. The molecule has 2 unspecified atom stereocenters. The first kappa shape index (κ1) is 19.9. The Morgan fingerprint density at radius 1 is 1.39 bits per heavy atom. The molecule has 4 heteroatoms. The van der Waals surface area contributed by atoms with Crippen LogP contribution in [0.3, 0.4) is 0 Å². The monoisotopic (exact) mass is 324 g/mol. The zero-order valence-corrected chi connectivity index (χ0v) is 14.8. The third-order valence-corrected chi connectivity index (χ3v) is 5.22. The van der Waals surface area contributed by atoms with E-state index in [1.54, 1.807) is 13.0 Å². The molecule has 4 nitrogen and oxygen atoms in total. The molecule has 0 spiro atoms. The van der Waals surface area contributed by atoms with E-state index in [0.717, 1.165) is 12.8 Å². The number of allylic oxidation sites excluding steroid dienone is 1. The normalized spacial score (nSPS) is 25.7.